The average molecular weight is 397 g/mol. The number of hydrogen-bond donors (Lipinski definition) is 0. The van der Waals surface area contributed by atoms with Crippen LogP contribution >= 0.6 is 11.3 Å². The summed E-state index contributed by atoms with van der Waals surface area (Å²) in [6, 6.07) is 21.1. The Morgan fingerprint density at radius 1 is 0.828 bits per heavy atom. The Hall–Kier alpha value is -3.31. The number of benzene rings is 3. The topological polar surface area (TPSA) is 43.6 Å². The second kappa shape index (κ2) is 6.94. The molecule has 0 aliphatic carbocycles. The van der Waals surface area contributed by atoms with Crippen LogP contribution in [0.4, 0.5) is 0 Å². The van der Waals surface area contributed by atoms with E-state index in [1.165, 1.54) is 15.8 Å². The van der Waals surface area contributed by atoms with E-state index in [0.717, 1.165) is 38.7 Å². The molecule has 2 aromatic heterocycles. The van der Waals surface area contributed by atoms with Gasteiger partial charge >= 0.3 is 0 Å². The van der Waals surface area contributed by atoms with Gasteiger partial charge in [0, 0.05) is 5.56 Å². The number of nitrogens with zero attached hydrogens (tertiary/aromatic N) is 4. The maximum atomic E-state index is 4.74. The maximum Gasteiger partial charge on any atom is 0.165 e. The molecule has 0 radical (unpaired) electrons. The van der Waals surface area contributed by atoms with Crippen molar-refractivity contribution in [1.82, 2.24) is 19.7 Å². The molecule has 5 rings (SSSR count). The minimum absolute atomic E-state index is 0.819. The average Bonchev–Trinajstić information content (AvgIpc) is 3.33. The first-order valence-corrected chi connectivity index (χ1v) is 10.4. The molecule has 0 spiro atoms. The number of fused-ring (bicyclic) bond motifs is 1. The van der Waals surface area contributed by atoms with Crippen LogP contribution in [0, 0.1) is 20.8 Å². The summed E-state index contributed by atoms with van der Waals surface area (Å²) in [5.74, 6) is 0.819. The molecule has 0 saturated heterocycles. The zero-order valence-corrected chi connectivity index (χ0v) is 17.4. The largest absolute Gasteiger partial charge is 0.241 e. The predicted octanol–water partition coefficient (Wildman–Crippen LogP) is 6.14. The summed E-state index contributed by atoms with van der Waals surface area (Å²) in [5.41, 5.74) is 7.82. The highest BCUT2D eigenvalue weighted by molar-refractivity contribution is 7.18. The molecular formula is C24H20N4S. The van der Waals surface area contributed by atoms with E-state index >= 15 is 0 Å². The normalized spacial score (nSPS) is 11.3. The van der Waals surface area contributed by atoms with Crippen LogP contribution in [0.2, 0.25) is 0 Å². The third-order valence-electron chi connectivity index (χ3n) is 5.12. The van der Waals surface area contributed by atoms with Gasteiger partial charge in [-0.15, -0.1) is 11.3 Å². The molecule has 0 unspecified atom stereocenters. The second-order valence-electron chi connectivity index (χ2n) is 7.21. The van der Waals surface area contributed by atoms with E-state index in [-0.39, 0.29) is 0 Å². The van der Waals surface area contributed by atoms with Crippen molar-refractivity contribution in [3.63, 3.8) is 0 Å². The number of rotatable bonds is 3. The number of thiazole rings is 1. The fourth-order valence-corrected chi connectivity index (χ4v) is 4.77. The summed E-state index contributed by atoms with van der Waals surface area (Å²) >= 11 is 1.70. The predicted molar refractivity (Wildman–Crippen MR) is 120 cm³/mol. The van der Waals surface area contributed by atoms with Gasteiger partial charge in [-0.05, 0) is 67.3 Å². The summed E-state index contributed by atoms with van der Waals surface area (Å²) in [4.78, 5) is 9.34. The molecule has 0 saturated carbocycles. The molecular weight excluding hydrogens is 376 g/mol. The molecule has 0 N–H and O–H groups in total. The molecule has 0 fully saturated rings. The number of para-hydroxylation sites is 1. The molecule has 0 atom stereocenters. The summed E-state index contributed by atoms with van der Waals surface area (Å²) < 4.78 is 3.12. The van der Waals surface area contributed by atoms with Gasteiger partial charge in [-0.2, -0.15) is 5.10 Å². The van der Waals surface area contributed by atoms with Gasteiger partial charge in [-0.1, -0.05) is 36.4 Å². The van der Waals surface area contributed by atoms with Crippen molar-refractivity contribution in [3.8, 4) is 28.2 Å². The highest BCUT2D eigenvalue weighted by atomic mass is 32.1. The monoisotopic (exact) mass is 396 g/mol. The molecule has 4 nitrogen and oxygen atoms in total. The minimum atomic E-state index is 0.819. The third kappa shape index (κ3) is 3.04. The first-order chi connectivity index (χ1) is 14.1. The van der Waals surface area contributed by atoms with Crippen LogP contribution in [0.25, 0.3) is 38.4 Å². The lowest BCUT2D eigenvalue weighted by molar-refractivity contribution is 0.872. The van der Waals surface area contributed by atoms with Gasteiger partial charge in [-0.25, -0.2) is 14.6 Å². The van der Waals surface area contributed by atoms with Crippen LogP contribution in [0.15, 0.2) is 67.0 Å². The lowest BCUT2D eigenvalue weighted by Gasteiger charge is -2.15. The summed E-state index contributed by atoms with van der Waals surface area (Å²) in [6.07, 6.45) is 1.62. The van der Waals surface area contributed by atoms with Crippen LogP contribution in [0.5, 0.6) is 0 Å². The molecule has 3 aromatic carbocycles. The molecule has 2 heterocycles. The summed E-state index contributed by atoms with van der Waals surface area (Å²) in [6.45, 7) is 6.30. The van der Waals surface area contributed by atoms with Gasteiger partial charge in [0.05, 0.1) is 20.9 Å². The molecule has 0 aliphatic rings. The van der Waals surface area contributed by atoms with Crippen LogP contribution in [0.3, 0.4) is 0 Å². The zero-order valence-electron chi connectivity index (χ0n) is 16.5. The number of aromatic nitrogens is 4. The lowest BCUT2D eigenvalue weighted by atomic mass is 9.99. The van der Waals surface area contributed by atoms with Crippen LogP contribution < -0.4 is 0 Å². The van der Waals surface area contributed by atoms with Crippen LogP contribution in [-0.2, 0) is 0 Å². The molecule has 29 heavy (non-hydrogen) atoms. The van der Waals surface area contributed by atoms with E-state index in [1.54, 1.807) is 17.7 Å². The van der Waals surface area contributed by atoms with Gasteiger partial charge in [-0.3, -0.25) is 0 Å². The van der Waals surface area contributed by atoms with Gasteiger partial charge in [0.15, 0.2) is 5.82 Å². The smallest absolute Gasteiger partial charge is 0.165 e. The molecule has 5 aromatic rings. The Kier molecular flexibility index (Phi) is 4.25. The van der Waals surface area contributed by atoms with Crippen molar-refractivity contribution in [2.75, 3.05) is 0 Å². The fraction of sp³-hybridized carbons (Fsp3) is 0.125. The lowest BCUT2D eigenvalue weighted by Crippen LogP contribution is -2.05. The zero-order chi connectivity index (χ0) is 20.0. The number of aryl methyl sites for hydroxylation is 3. The minimum Gasteiger partial charge on any atom is -0.241 e. The quantitative estimate of drug-likeness (QED) is 0.368. The van der Waals surface area contributed by atoms with E-state index in [1.807, 2.05) is 17.7 Å². The summed E-state index contributed by atoms with van der Waals surface area (Å²) in [5, 5.41) is 5.64. The van der Waals surface area contributed by atoms with Crippen molar-refractivity contribution < 1.29 is 0 Å². The fourth-order valence-electron chi connectivity index (χ4n) is 3.92. The van der Waals surface area contributed by atoms with E-state index in [0.29, 0.717) is 0 Å². The van der Waals surface area contributed by atoms with Crippen molar-refractivity contribution in [1.29, 1.82) is 0 Å². The van der Waals surface area contributed by atoms with Crippen LogP contribution in [0.1, 0.15) is 16.1 Å². The van der Waals surface area contributed by atoms with E-state index < -0.39 is 0 Å². The van der Waals surface area contributed by atoms with Crippen molar-refractivity contribution in [3.05, 3.63) is 83.1 Å². The Labute approximate surface area is 173 Å². The van der Waals surface area contributed by atoms with Crippen molar-refractivity contribution in [2.24, 2.45) is 0 Å². The van der Waals surface area contributed by atoms with Gasteiger partial charge < -0.3 is 0 Å². The first-order valence-electron chi connectivity index (χ1n) is 9.55. The Bertz CT molecular complexity index is 1310. The molecule has 142 valence electrons. The molecule has 0 aliphatic heterocycles. The van der Waals surface area contributed by atoms with Crippen molar-refractivity contribution >= 4 is 21.6 Å². The van der Waals surface area contributed by atoms with E-state index in [9.17, 15) is 0 Å². The van der Waals surface area contributed by atoms with E-state index in [4.69, 9.17) is 4.98 Å². The Balaban J connectivity index is 1.68. The first kappa shape index (κ1) is 17.8. The highest BCUT2D eigenvalue weighted by Gasteiger charge is 2.18. The summed E-state index contributed by atoms with van der Waals surface area (Å²) in [7, 11) is 0. The molecule has 0 amide bonds. The molecule has 5 heteroatoms. The Morgan fingerprint density at radius 2 is 1.59 bits per heavy atom. The van der Waals surface area contributed by atoms with Gasteiger partial charge in [0.1, 0.15) is 6.33 Å². The maximum absolute atomic E-state index is 4.74. The SMILES string of the molecule is Cc1nc2c(-c3ncnn3-c3c(C)cc(-c4ccccc4)cc3C)cccc2s1. The molecule has 0 bridgehead atoms. The van der Waals surface area contributed by atoms with E-state index in [2.05, 4.69) is 78.5 Å². The van der Waals surface area contributed by atoms with Gasteiger partial charge in [0.2, 0.25) is 0 Å². The highest BCUT2D eigenvalue weighted by Crippen LogP contribution is 2.33. The third-order valence-corrected chi connectivity index (χ3v) is 6.06. The second-order valence-corrected chi connectivity index (χ2v) is 8.44. The number of hydrogen-bond acceptors (Lipinski definition) is 4. The van der Waals surface area contributed by atoms with Gasteiger partial charge in [0.25, 0.3) is 0 Å². The standard InChI is InChI=1S/C24H20N4S/c1-15-12-19(18-8-5-4-6-9-18)13-16(2)23(15)28-24(25-14-26-28)20-10-7-11-21-22(20)27-17(3)29-21/h4-14H,1-3H3. The Morgan fingerprint density at radius 3 is 2.34 bits per heavy atom. The van der Waals surface area contributed by atoms with Crippen molar-refractivity contribution in [2.45, 2.75) is 20.8 Å². The van der Waals surface area contributed by atoms with Crippen LogP contribution in [-0.4, -0.2) is 19.7 Å².